The van der Waals surface area contributed by atoms with E-state index >= 15 is 0 Å². The van der Waals surface area contributed by atoms with Crippen LogP contribution in [-0.2, 0) is 6.54 Å². The molecule has 0 aliphatic rings. The minimum Gasteiger partial charge on any atom is -0.332 e. The molecule has 2 N–H and O–H groups in total. The van der Waals surface area contributed by atoms with Crippen molar-refractivity contribution >= 4 is 40.3 Å². The van der Waals surface area contributed by atoms with E-state index in [2.05, 4.69) is 41.5 Å². The number of carbonyl (C=O) groups excluding carboxylic acids is 1. The number of nitrogens with zero attached hydrogens (tertiary/aromatic N) is 1. The van der Waals surface area contributed by atoms with Crippen LogP contribution in [0.25, 0.3) is 0 Å². The van der Waals surface area contributed by atoms with Gasteiger partial charge in [0.2, 0.25) is 0 Å². The van der Waals surface area contributed by atoms with Gasteiger partial charge < -0.3 is 5.32 Å². The van der Waals surface area contributed by atoms with Gasteiger partial charge in [0, 0.05) is 12.2 Å². The Morgan fingerprint density at radius 3 is 2.43 bits per heavy atom. The summed E-state index contributed by atoms with van der Waals surface area (Å²) in [6.07, 6.45) is 0. The van der Waals surface area contributed by atoms with Crippen LogP contribution in [0.15, 0.2) is 41.8 Å². The van der Waals surface area contributed by atoms with Crippen LogP contribution in [0, 0.1) is 0 Å². The van der Waals surface area contributed by atoms with E-state index < -0.39 is 0 Å². The van der Waals surface area contributed by atoms with Crippen LogP contribution >= 0.6 is 23.6 Å². The summed E-state index contributed by atoms with van der Waals surface area (Å²) in [7, 11) is 0. The predicted octanol–water partition coefficient (Wildman–Crippen LogP) is 3.72. The van der Waals surface area contributed by atoms with E-state index in [0.29, 0.717) is 9.99 Å². The zero-order valence-corrected chi connectivity index (χ0v) is 15.0. The first-order valence-corrected chi connectivity index (χ1v) is 8.88. The van der Waals surface area contributed by atoms with Crippen LogP contribution in [0.4, 0.5) is 5.69 Å². The maximum atomic E-state index is 11.9. The van der Waals surface area contributed by atoms with Gasteiger partial charge in [-0.25, -0.2) is 0 Å². The van der Waals surface area contributed by atoms with Gasteiger partial charge in [-0.15, -0.1) is 11.3 Å². The van der Waals surface area contributed by atoms with Gasteiger partial charge in [0.25, 0.3) is 5.91 Å². The van der Waals surface area contributed by atoms with Crippen molar-refractivity contribution in [2.75, 3.05) is 18.4 Å². The zero-order valence-electron chi connectivity index (χ0n) is 13.3. The first-order valence-electron chi connectivity index (χ1n) is 7.59. The highest BCUT2D eigenvalue weighted by Crippen LogP contribution is 2.12. The lowest BCUT2D eigenvalue weighted by Gasteiger charge is -2.18. The highest BCUT2D eigenvalue weighted by molar-refractivity contribution is 7.80. The van der Waals surface area contributed by atoms with Gasteiger partial charge in [-0.3, -0.25) is 15.0 Å². The van der Waals surface area contributed by atoms with Gasteiger partial charge in [0.1, 0.15) is 0 Å². The second-order valence-electron chi connectivity index (χ2n) is 5.04. The molecule has 122 valence electrons. The maximum absolute atomic E-state index is 11.9. The Morgan fingerprint density at radius 1 is 1.17 bits per heavy atom. The molecule has 0 unspecified atom stereocenters. The van der Waals surface area contributed by atoms with E-state index in [4.69, 9.17) is 12.2 Å². The third-order valence-electron chi connectivity index (χ3n) is 3.48. The number of hydrogen-bond acceptors (Lipinski definition) is 4. The Labute approximate surface area is 146 Å². The maximum Gasteiger partial charge on any atom is 0.267 e. The van der Waals surface area contributed by atoms with Crippen LogP contribution in [0.5, 0.6) is 0 Å². The highest BCUT2D eigenvalue weighted by Gasteiger charge is 2.08. The van der Waals surface area contributed by atoms with E-state index in [0.717, 1.165) is 25.3 Å². The molecule has 0 saturated carbocycles. The molecule has 0 aliphatic heterocycles. The average molecular weight is 348 g/mol. The van der Waals surface area contributed by atoms with Crippen LogP contribution in [0.2, 0.25) is 0 Å². The minimum absolute atomic E-state index is 0.185. The van der Waals surface area contributed by atoms with Crippen LogP contribution < -0.4 is 10.6 Å². The quantitative estimate of drug-likeness (QED) is 0.782. The number of anilines is 1. The van der Waals surface area contributed by atoms with E-state index in [-0.39, 0.29) is 5.91 Å². The molecule has 1 aromatic heterocycles. The summed E-state index contributed by atoms with van der Waals surface area (Å²) in [6, 6.07) is 11.7. The lowest BCUT2D eigenvalue weighted by molar-refractivity contribution is 0.0981. The number of thiophene rings is 1. The Morgan fingerprint density at radius 2 is 1.87 bits per heavy atom. The summed E-state index contributed by atoms with van der Waals surface area (Å²) >= 11 is 6.57. The van der Waals surface area contributed by atoms with Gasteiger partial charge in [-0.05, 0) is 54.5 Å². The van der Waals surface area contributed by atoms with Gasteiger partial charge in [-0.2, -0.15) is 0 Å². The monoisotopic (exact) mass is 347 g/mol. The topological polar surface area (TPSA) is 44.4 Å². The second-order valence-corrected chi connectivity index (χ2v) is 6.40. The van der Waals surface area contributed by atoms with E-state index in [1.54, 1.807) is 6.07 Å². The molecule has 23 heavy (non-hydrogen) atoms. The number of hydrogen-bond donors (Lipinski definition) is 2. The van der Waals surface area contributed by atoms with Crippen molar-refractivity contribution in [3.63, 3.8) is 0 Å². The first kappa shape index (κ1) is 17.6. The molecule has 6 heteroatoms. The number of nitrogens with one attached hydrogen (secondary N) is 2. The SMILES string of the molecule is CCN(CC)Cc1ccc(NC(=S)NC(=O)c2cccs2)cc1. The van der Waals surface area contributed by atoms with Crippen molar-refractivity contribution in [1.29, 1.82) is 0 Å². The number of carbonyl (C=O) groups is 1. The molecule has 0 atom stereocenters. The molecule has 2 rings (SSSR count). The van der Waals surface area contributed by atoms with Crippen molar-refractivity contribution < 1.29 is 4.79 Å². The molecule has 1 amide bonds. The lowest BCUT2D eigenvalue weighted by atomic mass is 10.2. The number of amides is 1. The summed E-state index contributed by atoms with van der Waals surface area (Å²) in [4.78, 5) is 14.9. The molecular formula is C17H21N3OS2. The fourth-order valence-electron chi connectivity index (χ4n) is 2.13. The van der Waals surface area contributed by atoms with E-state index in [9.17, 15) is 4.79 Å². The Kier molecular flexibility index (Phi) is 6.70. The predicted molar refractivity (Wildman–Crippen MR) is 101 cm³/mol. The smallest absolute Gasteiger partial charge is 0.267 e. The molecular weight excluding hydrogens is 326 g/mol. The van der Waals surface area contributed by atoms with Crippen molar-refractivity contribution in [3.8, 4) is 0 Å². The molecule has 1 aromatic carbocycles. The molecule has 0 bridgehead atoms. The molecule has 1 heterocycles. The van der Waals surface area contributed by atoms with Crippen molar-refractivity contribution in [3.05, 3.63) is 52.2 Å². The first-order chi connectivity index (χ1) is 11.1. The zero-order chi connectivity index (χ0) is 16.7. The average Bonchev–Trinajstić information content (AvgIpc) is 3.08. The largest absolute Gasteiger partial charge is 0.332 e. The Bertz CT molecular complexity index is 634. The summed E-state index contributed by atoms with van der Waals surface area (Å²) in [5.41, 5.74) is 2.12. The minimum atomic E-state index is -0.185. The van der Waals surface area contributed by atoms with Gasteiger partial charge in [0.15, 0.2) is 5.11 Å². The molecule has 0 spiro atoms. The van der Waals surface area contributed by atoms with Crippen LogP contribution in [-0.4, -0.2) is 29.0 Å². The van der Waals surface area contributed by atoms with Crippen molar-refractivity contribution in [2.45, 2.75) is 20.4 Å². The van der Waals surface area contributed by atoms with E-state index in [1.165, 1.54) is 16.9 Å². The van der Waals surface area contributed by atoms with Gasteiger partial charge >= 0.3 is 0 Å². The number of thiocarbonyl (C=S) groups is 1. The van der Waals surface area contributed by atoms with Crippen molar-refractivity contribution in [1.82, 2.24) is 10.2 Å². The number of rotatable bonds is 6. The molecule has 0 radical (unpaired) electrons. The fourth-order valence-corrected chi connectivity index (χ4v) is 2.96. The molecule has 0 aliphatic carbocycles. The summed E-state index contributed by atoms with van der Waals surface area (Å²) in [5, 5.41) is 7.88. The Hall–Kier alpha value is -1.76. The van der Waals surface area contributed by atoms with Gasteiger partial charge in [0.05, 0.1) is 4.88 Å². The molecule has 0 fully saturated rings. The van der Waals surface area contributed by atoms with Crippen LogP contribution in [0.1, 0.15) is 29.1 Å². The highest BCUT2D eigenvalue weighted by atomic mass is 32.1. The molecule has 2 aromatic rings. The third-order valence-corrected chi connectivity index (χ3v) is 4.56. The van der Waals surface area contributed by atoms with Crippen LogP contribution in [0.3, 0.4) is 0 Å². The molecule has 0 saturated heterocycles. The molecule has 4 nitrogen and oxygen atoms in total. The third kappa shape index (κ3) is 5.42. The Balaban J connectivity index is 1.87. The summed E-state index contributed by atoms with van der Waals surface area (Å²) in [5.74, 6) is -0.185. The van der Waals surface area contributed by atoms with E-state index in [1.807, 2.05) is 23.6 Å². The summed E-state index contributed by atoms with van der Waals surface area (Å²) in [6.45, 7) is 7.33. The van der Waals surface area contributed by atoms with Gasteiger partial charge in [-0.1, -0.05) is 32.0 Å². The lowest BCUT2D eigenvalue weighted by Crippen LogP contribution is -2.33. The normalized spacial score (nSPS) is 10.6. The fraction of sp³-hybridized carbons (Fsp3) is 0.294. The second kappa shape index (κ2) is 8.76. The summed E-state index contributed by atoms with van der Waals surface area (Å²) < 4.78 is 0. The number of benzene rings is 1. The van der Waals surface area contributed by atoms with Crippen molar-refractivity contribution in [2.24, 2.45) is 0 Å². The standard InChI is InChI=1S/C17H21N3OS2/c1-3-20(4-2)12-13-7-9-14(10-8-13)18-17(22)19-16(21)15-6-5-11-23-15/h5-11H,3-4,12H2,1-2H3,(H2,18,19,21,22).